The maximum absolute atomic E-state index is 12.8. The number of rotatable bonds is 10. The van der Waals surface area contributed by atoms with Gasteiger partial charge in [0.05, 0.1) is 25.2 Å². The van der Waals surface area contributed by atoms with Gasteiger partial charge in [0.1, 0.15) is 12.4 Å². The van der Waals surface area contributed by atoms with E-state index in [0.29, 0.717) is 35.2 Å². The number of hydrogen-bond acceptors (Lipinski definition) is 6. The van der Waals surface area contributed by atoms with E-state index in [1.54, 1.807) is 19.3 Å². The van der Waals surface area contributed by atoms with Crippen molar-refractivity contribution >= 4 is 29.0 Å². The fourth-order valence-electron chi connectivity index (χ4n) is 3.37. The van der Waals surface area contributed by atoms with Gasteiger partial charge in [0.15, 0.2) is 11.5 Å². The number of imide groups is 1. The Morgan fingerprint density at radius 1 is 1.16 bits per heavy atom. The van der Waals surface area contributed by atoms with Crippen LogP contribution in [0.15, 0.2) is 54.0 Å². The van der Waals surface area contributed by atoms with Crippen LogP contribution in [0.25, 0.3) is 6.08 Å². The molecule has 1 heterocycles. The summed E-state index contributed by atoms with van der Waals surface area (Å²) in [6.07, 6.45) is 4.07. The maximum Gasteiger partial charge on any atom is 0.293 e. The van der Waals surface area contributed by atoms with Gasteiger partial charge in [-0.25, -0.2) is 0 Å². The predicted molar refractivity (Wildman–Crippen MR) is 127 cm³/mol. The quantitative estimate of drug-likeness (QED) is 0.362. The van der Waals surface area contributed by atoms with E-state index in [1.807, 2.05) is 50.2 Å². The first kappa shape index (κ1) is 23.5. The molecule has 2 amide bonds. The molecule has 0 N–H and O–H groups in total. The zero-order valence-corrected chi connectivity index (χ0v) is 19.4. The zero-order chi connectivity index (χ0) is 23.1. The molecule has 0 radical (unpaired) electrons. The largest absolute Gasteiger partial charge is 0.493 e. The van der Waals surface area contributed by atoms with Crippen LogP contribution in [-0.2, 0) is 11.2 Å². The number of allylic oxidation sites excluding steroid dienone is 1. The highest BCUT2D eigenvalue weighted by atomic mass is 32.2. The second kappa shape index (κ2) is 10.9. The third kappa shape index (κ3) is 5.53. The Balaban J connectivity index is 1.76. The minimum Gasteiger partial charge on any atom is -0.493 e. The van der Waals surface area contributed by atoms with Crippen molar-refractivity contribution in [3.05, 3.63) is 70.6 Å². The standard InChI is InChI=1S/C25H27NO5S/c1-5-8-19-14-18(15-21(30-6-2)23(19)29-4)16-22-24(27)26(25(28)32-22)11-12-31-20-10-7-9-17(3)13-20/h5,7,9-10,13-16H,1,6,8,11-12H2,2-4H3/b22-16-. The summed E-state index contributed by atoms with van der Waals surface area (Å²) in [6, 6.07) is 11.4. The van der Waals surface area contributed by atoms with Gasteiger partial charge in [-0.15, -0.1) is 6.58 Å². The van der Waals surface area contributed by atoms with Crippen LogP contribution in [0.1, 0.15) is 23.6 Å². The molecule has 0 aromatic heterocycles. The molecule has 1 aliphatic rings. The topological polar surface area (TPSA) is 65.1 Å². The molecule has 0 spiro atoms. The van der Waals surface area contributed by atoms with Crippen LogP contribution in [0.2, 0.25) is 0 Å². The third-order valence-corrected chi connectivity index (χ3v) is 5.67. The fraction of sp³-hybridized carbons (Fsp3) is 0.280. The summed E-state index contributed by atoms with van der Waals surface area (Å²) >= 11 is 0.924. The summed E-state index contributed by atoms with van der Waals surface area (Å²) < 4.78 is 16.9. The van der Waals surface area contributed by atoms with Gasteiger partial charge in [-0.1, -0.05) is 18.2 Å². The number of aryl methyl sites for hydroxylation is 1. The minimum atomic E-state index is -0.327. The number of nitrogens with zero attached hydrogens (tertiary/aromatic N) is 1. The van der Waals surface area contributed by atoms with Crippen molar-refractivity contribution in [3.63, 3.8) is 0 Å². The lowest BCUT2D eigenvalue weighted by Crippen LogP contribution is -2.32. The van der Waals surface area contributed by atoms with Crippen LogP contribution in [0.3, 0.4) is 0 Å². The van der Waals surface area contributed by atoms with E-state index in [4.69, 9.17) is 14.2 Å². The number of hydrogen-bond donors (Lipinski definition) is 0. The zero-order valence-electron chi connectivity index (χ0n) is 18.6. The predicted octanol–water partition coefficient (Wildman–Crippen LogP) is 5.25. The van der Waals surface area contributed by atoms with Gasteiger partial charge in [0.2, 0.25) is 0 Å². The van der Waals surface area contributed by atoms with Crippen molar-refractivity contribution in [2.24, 2.45) is 0 Å². The molecule has 7 heteroatoms. The molecule has 0 saturated carbocycles. The molecule has 168 valence electrons. The number of ether oxygens (including phenoxy) is 3. The summed E-state index contributed by atoms with van der Waals surface area (Å²) in [4.78, 5) is 26.9. The molecule has 32 heavy (non-hydrogen) atoms. The second-order valence-corrected chi connectivity index (χ2v) is 8.13. The Morgan fingerprint density at radius 2 is 1.97 bits per heavy atom. The molecule has 0 aliphatic carbocycles. The van der Waals surface area contributed by atoms with Crippen LogP contribution in [0.4, 0.5) is 4.79 Å². The summed E-state index contributed by atoms with van der Waals surface area (Å²) in [5, 5.41) is -0.307. The van der Waals surface area contributed by atoms with E-state index >= 15 is 0 Å². The summed E-state index contributed by atoms with van der Waals surface area (Å²) in [6.45, 7) is 8.56. The van der Waals surface area contributed by atoms with Crippen molar-refractivity contribution in [1.29, 1.82) is 0 Å². The molecule has 0 unspecified atom stereocenters. The highest BCUT2D eigenvalue weighted by Crippen LogP contribution is 2.37. The van der Waals surface area contributed by atoms with Crippen LogP contribution in [0, 0.1) is 6.92 Å². The normalized spacial score (nSPS) is 14.7. The highest BCUT2D eigenvalue weighted by Gasteiger charge is 2.34. The lowest BCUT2D eigenvalue weighted by molar-refractivity contribution is -0.123. The molecular weight excluding hydrogens is 426 g/mol. The molecule has 2 aromatic rings. The molecule has 2 aromatic carbocycles. The van der Waals surface area contributed by atoms with Gasteiger partial charge >= 0.3 is 0 Å². The van der Waals surface area contributed by atoms with Crippen molar-refractivity contribution in [2.75, 3.05) is 26.9 Å². The van der Waals surface area contributed by atoms with E-state index in [0.717, 1.165) is 28.5 Å². The molecular formula is C25H27NO5S. The van der Waals surface area contributed by atoms with Crippen LogP contribution < -0.4 is 14.2 Å². The van der Waals surface area contributed by atoms with Gasteiger partial charge in [-0.3, -0.25) is 14.5 Å². The summed E-state index contributed by atoms with van der Waals surface area (Å²) in [5.74, 6) is 1.62. The first-order valence-electron chi connectivity index (χ1n) is 10.4. The van der Waals surface area contributed by atoms with E-state index in [-0.39, 0.29) is 24.3 Å². The summed E-state index contributed by atoms with van der Waals surface area (Å²) in [5.41, 5.74) is 2.73. The van der Waals surface area contributed by atoms with Crippen molar-refractivity contribution in [2.45, 2.75) is 20.3 Å². The van der Waals surface area contributed by atoms with E-state index in [2.05, 4.69) is 6.58 Å². The molecule has 1 saturated heterocycles. The number of thioether (sulfide) groups is 1. The molecule has 6 nitrogen and oxygen atoms in total. The third-order valence-electron chi connectivity index (χ3n) is 4.77. The first-order valence-corrected chi connectivity index (χ1v) is 11.2. The van der Waals surface area contributed by atoms with Crippen molar-refractivity contribution in [3.8, 4) is 17.2 Å². The number of carbonyl (C=O) groups excluding carboxylic acids is 2. The lowest BCUT2D eigenvalue weighted by Gasteiger charge is -2.15. The molecule has 1 aliphatic heterocycles. The highest BCUT2D eigenvalue weighted by molar-refractivity contribution is 8.18. The lowest BCUT2D eigenvalue weighted by atomic mass is 10.0. The maximum atomic E-state index is 12.8. The average Bonchev–Trinajstić information content (AvgIpc) is 3.01. The van der Waals surface area contributed by atoms with Gasteiger partial charge in [0.25, 0.3) is 11.1 Å². The SMILES string of the molecule is C=CCc1cc(/C=C2\SC(=O)N(CCOc3cccc(C)c3)C2=O)cc(OCC)c1OC. The first-order chi connectivity index (χ1) is 15.5. The van der Waals surface area contributed by atoms with Crippen LogP contribution >= 0.6 is 11.8 Å². The number of benzene rings is 2. The monoisotopic (exact) mass is 453 g/mol. The van der Waals surface area contributed by atoms with Gasteiger partial charge < -0.3 is 14.2 Å². The molecule has 1 fully saturated rings. The van der Waals surface area contributed by atoms with Gasteiger partial charge in [-0.05, 0) is 73.5 Å². The second-order valence-electron chi connectivity index (χ2n) is 7.14. The van der Waals surface area contributed by atoms with Crippen LogP contribution in [0.5, 0.6) is 17.2 Å². The Bertz CT molecular complexity index is 1050. The Hall–Kier alpha value is -3.19. The van der Waals surface area contributed by atoms with E-state index in [1.165, 1.54) is 4.90 Å². The van der Waals surface area contributed by atoms with E-state index < -0.39 is 0 Å². The summed E-state index contributed by atoms with van der Waals surface area (Å²) in [7, 11) is 1.59. The van der Waals surface area contributed by atoms with E-state index in [9.17, 15) is 9.59 Å². The van der Waals surface area contributed by atoms with Crippen molar-refractivity contribution < 1.29 is 23.8 Å². The van der Waals surface area contributed by atoms with Gasteiger partial charge in [-0.2, -0.15) is 0 Å². The molecule has 3 rings (SSSR count). The average molecular weight is 454 g/mol. The Morgan fingerprint density at radius 3 is 2.66 bits per heavy atom. The minimum absolute atomic E-state index is 0.185. The smallest absolute Gasteiger partial charge is 0.293 e. The number of amides is 2. The number of methoxy groups -OCH3 is 1. The molecule has 0 bridgehead atoms. The Kier molecular flexibility index (Phi) is 8.00. The van der Waals surface area contributed by atoms with Gasteiger partial charge in [0, 0.05) is 5.56 Å². The van der Waals surface area contributed by atoms with Crippen molar-refractivity contribution in [1.82, 2.24) is 4.90 Å². The Labute approximate surface area is 192 Å². The molecule has 0 atom stereocenters. The van der Waals surface area contributed by atoms with Crippen LogP contribution in [-0.4, -0.2) is 42.9 Å². The number of carbonyl (C=O) groups is 2. The fourth-order valence-corrected chi connectivity index (χ4v) is 4.24.